The zero-order valence-electron chi connectivity index (χ0n) is 13.9. The van der Waals surface area contributed by atoms with Gasteiger partial charge in [-0.05, 0) is 19.1 Å². The minimum absolute atomic E-state index is 0.167. The molecule has 1 aromatic rings. The number of carbonyl (C=O) groups is 4. The molecule has 1 saturated heterocycles. The normalized spacial score (nSPS) is 14.2. The summed E-state index contributed by atoms with van der Waals surface area (Å²) in [7, 11) is 1.29. The summed E-state index contributed by atoms with van der Waals surface area (Å²) in [6.07, 6.45) is 2.66. The van der Waals surface area contributed by atoms with Gasteiger partial charge < -0.3 is 15.2 Å². The number of hydrogen-bond acceptors (Lipinski definition) is 7. The number of hydrogen-bond donors (Lipinski definition) is 2. The van der Waals surface area contributed by atoms with E-state index in [1.807, 2.05) is 0 Å². The second-order valence-electron chi connectivity index (χ2n) is 5.18. The van der Waals surface area contributed by atoms with Gasteiger partial charge in [-0.25, -0.2) is 0 Å². The number of carbonyl (C=O) groups excluding carboxylic acids is 3. The van der Waals surface area contributed by atoms with Gasteiger partial charge in [0, 0.05) is 29.6 Å². The molecule has 2 N–H and O–H groups in total. The molecule has 2 heterocycles. The number of rotatable bonds is 8. The highest BCUT2D eigenvalue weighted by Crippen LogP contribution is 2.21. The SMILES string of the molecule is COC(=O)C(C)SCC(CC(=O)O)C(=O)c1cccnc1.O=C1CN1. The molecular formula is C16H20N2O6S. The van der Waals surface area contributed by atoms with Crippen LogP contribution in [-0.4, -0.2) is 58.4 Å². The number of carboxylic acid groups (broad SMARTS) is 1. The van der Waals surface area contributed by atoms with Crippen molar-refractivity contribution < 1.29 is 29.0 Å². The number of aromatic nitrogens is 1. The van der Waals surface area contributed by atoms with E-state index in [0.717, 1.165) is 0 Å². The number of aliphatic carboxylic acids is 1. The fourth-order valence-corrected chi connectivity index (χ4v) is 2.74. The quantitative estimate of drug-likeness (QED) is 0.390. The maximum absolute atomic E-state index is 12.3. The van der Waals surface area contributed by atoms with Crippen LogP contribution in [0.25, 0.3) is 0 Å². The molecule has 0 aromatic carbocycles. The maximum atomic E-state index is 12.3. The van der Waals surface area contributed by atoms with E-state index in [2.05, 4.69) is 15.0 Å². The van der Waals surface area contributed by atoms with Gasteiger partial charge >= 0.3 is 11.9 Å². The molecule has 1 fully saturated rings. The minimum Gasteiger partial charge on any atom is -0.481 e. The smallest absolute Gasteiger partial charge is 0.318 e. The Balaban J connectivity index is 0.000000680. The van der Waals surface area contributed by atoms with Gasteiger partial charge in [-0.3, -0.25) is 24.2 Å². The van der Waals surface area contributed by atoms with Crippen LogP contribution < -0.4 is 5.32 Å². The van der Waals surface area contributed by atoms with Gasteiger partial charge in [-0.2, -0.15) is 0 Å². The number of nitrogens with one attached hydrogen (secondary N) is 1. The standard InChI is InChI=1S/C14H17NO5S.C2H3NO/c1-9(14(19)20-2)21-8-11(6-12(16)17)13(18)10-4-3-5-15-7-10;4-2-1-3-2/h3-5,7,9,11H,6,8H2,1-2H3,(H,16,17);1H2,(H,3,4). The van der Waals surface area contributed by atoms with Crippen LogP contribution in [0.4, 0.5) is 0 Å². The summed E-state index contributed by atoms with van der Waals surface area (Å²) in [6, 6.07) is 3.22. The Morgan fingerprint density at radius 2 is 2.08 bits per heavy atom. The van der Waals surface area contributed by atoms with Crippen LogP contribution in [0.5, 0.6) is 0 Å². The van der Waals surface area contributed by atoms with Gasteiger partial charge in [0.15, 0.2) is 5.78 Å². The first-order valence-electron chi connectivity index (χ1n) is 7.47. The zero-order chi connectivity index (χ0) is 18.8. The molecule has 1 aromatic heterocycles. The van der Waals surface area contributed by atoms with E-state index in [-0.39, 0.29) is 23.9 Å². The second kappa shape index (κ2) is 10.4. The highest BCUT2D eigenvalue weighted by Gasteiger charge is 2.25. The topological polar surface area (TPSA) is 133 Å². The summed E-state index contributed by atoms with van der Waals surface area (Å²) >= 11 is 1.20. The summed E-state index contributed by atoms with van der Waals surface area (Å²) in [6.45, 7) is 2.25. The van der Waals surface area contributed by atoms with Crippen molar-refractivity contribution in [1.29, 1.82) is 0 Å². The maximum Gasteiger partial charge on any atom is 0.318 e. The van der Waals surface area contributed by atoms with Crippen LogP contribution in [-0.2, 0) is 19.1 Å². The molecule has 0 aliphatic carbocycles. The average molecular weight is 368 g/mol. The van der Waals surface area contributed by atoms with Crippen molar-refractivity contribution in [3.05, 3.63) is 30.1 Å². The number of esters is 1. The molecule has 0 radical (unpaired) electrons. The summed E-state index contributed by atoms with van der Waals surface area (Å²) < 4.78 is 4.60. The van der Waals surface area contributed by atoms with Crippen LogP contribution >= 0.6 is 11.8 Å². The third-order valence-electron chi connectivity index (χ3n) is 3.14. The number of nitrogens with zero attached hydrogens (tertiary/aromatic N) is 1. The van der Waals surface area contributed by atoms with Crippen molar-refractivity contribution in [2.75, 3.05) is 19.4 Å². The number of thioether (sulfide) groups is 1. The van der Waals surface area contributed by atoms with Crippen molar-refractivity contribution in [1.82, 2.24) is 10.3 Å². The molecular weight excluding hydrogens is 348 g/mol. The number of ketones is 1. The van der Waals surface area contributed by atoms with Crippen LogP contribution in [0.2, 0.25) is 0 Å². The Morgan fingerprint density at radius 1 is 1.44 bits per heavy atom. The first kappa shape index (κ1) is 20.6. The van der Waals surface area contributed by atoms with Crippen LogP contribution in [0.1, 0.15) is 23.7 Å². The van der Waals surface area contributed by atoms with E-state index in [1.54, 1.807) is 19.1 Å². The minimum atomic E-state index is -1.05. The van der Waals surface area contributed by atoms with E-state index in [9.17, 15) is 19.2 Å². The molecule has 1 aliphatic rings. The molecule has 9 heteroatoms. The first-order valence-corrected chi connectivity index (χ1v) is 8.52. The highest BCUT2D eigenvalue weighted by molar-refractivity contribution is 8.00. The molecule has 25 heavy (non-hydrogen) atoms. The van der Waals surface area contributed by atoms with Gasteiger partial charge in [0.1, 0.15) is 0 Å². The van der Waals surface area contributed by atoms with Gasteiger partial charge in [-0.15, -0.1) is 11.8 Å². The third kappa shape index (κ3) is 8.30. The van der Waals surface area contributed by atoms with Crippen molar-refractivity contribution >= 4 is 35.4 Å². The van der Waals surface area contributed by atoms with Crippen LogP contribution in [0.15, 0.2) is 24.5 Å². The zero-order valence-corrected chi connectivity index (χ0v) is 14.7. The summed E-state index contributed by atoms with van der Waals surface area (Å²) in [4.78, 5) is 47.8. The lowest BCUT2D eigenvalue weighted by Crippen LogP contribution is -2.24. The van der Waals surface area contributed by atoms with Crippen LogP contribution in [0.3, 0.4) is 0 Å². The second-order valence-corrected chi connectivity index (χ2v) is 6.55. The van der Waals surface area contributed by atoms with Gasteiger partial charge in [0.2, 0.25) is 5.91 Å². The fraction of sp³-hybridized carbons (Fsp3) is 0.438. The molecule has 136 valence electrons. The van der Waals surface area contributed by atoms with Gasteiger partial charge in [0.05, 0.1) is 25.3 Å². The number of ether oxygens (including phenoxy) is 1. The number of Topliss-reactive ketones (excluding diaryl/α,β-unsaturated/α-hetero) is 1. The number of carboxylic acids is 1. The Bertz CT molecular complexity index is 616. The molecule has 2 rings (SSSR count). The summed E-state index contributed by atoms with van der Waals surface area (Å²) in [5, 5.41) is 10.9. The molecule has 0 bridgehead atoms. The van der Waals surface area contributed by atoms with E-state index in [4.69, 9.17) is 5.11 Å². The lowest BCUT2D eigenvalue weighted by atomic mass is 9.97. The Kier molecular flexibility index (Phi) is 8.62. The predicted octanol–water partition coefficient (Wildman–Crippen LogP) is 0.766. The van der Waals surface area contributed by atoms with E-state index in [0.29, 0.717) is 12.1 Å². The Hall–Kier alpha value is -2.42. The lowest BCUT2D eigenvalue weighted by Gasteiger charge is -2.15. The number of amides is 1. The fourth-order valence-electron chi connectivity index (χ4n) is 1.71. The molecule has 1 amide bonds. The number of pyridine rings is 1. The van der Waals surface area contributed by atoms with Crippen LogP contribution in [0, 0.1) is 5.92 Å². The van der Waals surface area contributed by atoms with Crippen molar-refractivity contribution in [2.24, 2.45) is 5.92 Å². The molecule has 0 spiro atoms. The van der Waals surface area contributed by atoms with Crippen molar-refractivity contribution in [3.63, 3.8) is 0 Å². The van der Waals surface area contributed by atoms with Gasteiger partial charge in [0.25, 0.3) is 0 Å². The first-order chi connectivity index (χ1) is 11.8. The summed E-state index contributed by atoms with van der Waals surface area (Å²) in [5.74, 6) is -2.04. The van der Waals surface area contributed by atoms with E-state index in [1.165, 1.54) is 31.3 Å². The Labute approximate surface area is 149 Å². The van der Waals surface area contributed by atoms with E-state index >= 15 is 0 Å². The Morgan fingerprint density at radius 3 is 2.52 bits per heavy atom. The molecule has 8 nitrogen and oxygen atoms in total. The van der Waals surface area contributed by atoms with Crippen molar-refractivity contribution in [3.8, 4) is 0 Å². The molecule has 2 atom stereocenters. The largest absolute Gasteiger partial charge is 0.481 e. The molecule has 1 aliphatic heterocycles. The third-order valence-corrected chi connectivity index (χ3v) is 4.43. The van der Waals surface area contributed by atoms with Gasteiger partial charge in [-0.1, -0.05) is 0 Å². The predicted molar refractivity (Wildman–Crippen MR) is 91.3 cm³/mol. The monoisotopic (exact) mass is 368 g/mol. The summed E-state index contributed by atoms with van der Waals surface area (Å²) in [5.41, 5.74) is 0.370. The van der Waals surface area contributed by atoms with Crippen molar-refractivity contribution in [2.45, 2.75) is 18.6 Å². The molecule has 0 saturated carbocycles. The van der Waals surface area contributed by atoms with E-state index < -0.39 is 23.1 Å². The molecule has 2 unspecified atom stereocenters. The lowest BCUT2D eigenvalue weighted by molar-refractivity contribution is -0.139. The highest BCUT2D eigenvalue weighted by atomic mass is 32.2. The number of methoxy groups -OCH3 is 1. The average Bonchev–Trinajstić information content (AvgIpc) is 3.40.